The van der Waals surface area contributed by atoms with Crippen LogP contribution in [0.4, 0.5) is 0 Å². The third-order valence-electron chi connectivity index (χ3n) is 4.03. The first kappa shape index (κ1) is 11.4. The van der Waals surface area contributed by atoms with Crippen molar-refractivity contribution in [3.05, 3.63) is 0 Å². The summed E-state index contributed by atoms with van der Waals surface area (Å²) in [6.45, 7) is 7.69. The lowest BCUT2D eigenvalue weighted by Gasteiger charge is -2.43. The van der Waals surface area contributed by atoms with E-state index in [4.69, 9.17) is 0 Å². The highest BCUT2D eigenvalue weighted by molar-refractivity contribution is 5.99. The van der Waals surface area contributed by atoms with Crippen LogP contribution >= 0.6 is 0 Å². The zero-order valence-corrected chi connectivity index (χ0v) is 10.4. The predicted octanol–water partition coefficient (Wildman–Crippen LogP) is 0.910. The molecule has 16 heavy (non-hydrogen) atoms. The topological polar surface area (TPSA) is 49.4 Å². The lowest BCUT2D eigenvalue weighted by Crippen LogP contribution is -2.68. The van der Waals surface area contributed by atoms with Crippen LogP contribution in [-0.4, -0.2) is 34.3 Å². The molecular formula is C12H20N2O2. The summed E-state index contributed by atoms with van der Waals surface area (Å²) in [7, 11) is 0. The summed E-state index contributed by atoms with van der Waals surface area (Å²) in [6.07, 6.45) is 1.67. The minimum absolute atomic E-state index is 0.0250. The van der Waals surface area contributed by atoms with E-state index < -0.39 is 5.54 Å². The molecule has 1 aliphatic heterocycles. The maximum absolute atomic E-state index is 12.4. The SMILES string of the molecule is CCC1(C)NC(=O)C(C)N(C2CC2C)C1=O. The lowest BCUT2D eigenvalue weighted by atomic mass is 9.92. The van der Waals surface area contributed by atoms with Crippen molar-refractivity contribution in [3.8, 4) is 0 Å². The molecule has 2 aliphatic rings. The minimum atomic E-state index is -0.702. The molecule has 2 rings (SSSR count). The molecule has 0 bridgehead atoms. The maximum Gasteiger partial charge on any atom is 0.248 e. The third-order valence-corrected chi connectivity index (χ3v) is 4.03. The Balaban J connectivity index is 2.27. The van der Waals surface area contributed by atoms with E-state index in [0.29, 0.717) is 12.3 Å². The maximum atomic E-state index is 12.4. The number of hydrogen-bond acceptors (Lipinski definition) is 2. The largest absolute Gasteiger partial charge is 0.340 e. The Morgan fingerprint density at radius 1 is 1.44 bits per heavy atom. The lowest BCUT2D eigenvalue weighted by molar-refractivity contribution is -0.154. The standard InChI is InChI=1S/C12H20N2O2/c1-5-12(4)11(16)14(9-6-7(9)2)8(3)10(15)13-12/h7-9H,5-6H2,1-4H3,(H,13,15). The Morgan fingerprint density at radius 2 is 2.00 bits per heavy atom. The number of rotatable bonds is 2. The van der Waals surface area contributed by atoms with Gasteiger partial charge in [-0.1, -0.05) is 13.8 Å². The molecule has 1 saturated carbocycles. The van der Waals surface area contributed by atoms with Gasteiger partial charge in [0.1, 0.15) is 11.6 Å². The first-order chi connectivity index (χ1) is 7.40. The van der Waals surface area contributed by atoms with Crippen molar-refractivity contribution in [1.29, 1.82) is 0 Å². The van der Waals surface area contributed by atoms with Gasteiger partial charge in [-0.15, -0.1) is 0 Å². The van der Waals surface area contributed by atoms with Crippen molar-refractivity contribution >= 4 is 11.8 Å². The van der Waals surface area contributed by atoms with Crippen LogP contribution in [0.25, 0.3) is 0 Å². The van der Waals surface area contributed by atoms with Gasteiger partial charge < -0.3 is 10.2 Å². The van der Waals surface area contributed by atoms with Crippen LogP contribution < -0.4 is 5.32 Å². The number of piperazine rings is 1. The van der Waals surface area contributed by atoms with Gasteiger partial charge in [-0.3, -0.25) is 9.59 Å². The van der Waals surface area contributed by atoms with Crippen LogP contribution in [0.2, 0.25) is 0 Å². The van der Waals surface area contributed by atoms with E-state index in [0.717, 1.165) is 6.42 Å². The van der Waals surface area contributed by atoms with Crippen LogP contribution in [0, 0.1) is 5.92 Å². The second kappa shape index (κ2) is 3.47. The smallest absolute Gasteiger partial charge is 0.248 e. The highest BCUT2D eigenvalue weighted by Crippen LogP contribution is 2.39. The Hall–Kier alpha value is -1.06. The molecule has 0 aromatic rings. The zero-order chi connectivity index (χ0) is 12.1. The number of amides is 2. The molecule has 4 unspecified atom stereocenters. The molecule has 4 heteroatoms. The first-order valence-corrected chi connectivity index (χ1v) is 6.05. The van der Waals surface area contributed by atoms with E-state index in [1.165, 1.54) is 0 Å². The fourth-order valence-electron chi connectivity index (χ4n) is 2.38. The van der Waals surface area contributed by atoms with Gasteiger partial charge in [0.05, 0.1) is 0 Å². The van der Waals surface area contributed by atoms with E-state index in [2.05, 4.69) is 12.2 Å². The fraction of sp³-hybridized carbons (Fsp3) is 0.833. The monoisotopic (exact) mass is 224 g/mol. The molecule has 0 radical (unpaired) electrons. The van der Waals surface area contributed by atoms with Crippen LogP contribution in [0.15, 0.2) is 0 Å². The van der Waals surface area contributed by atoms with E-state index in [1.807, 2.05) is 20.8 Å². The quantitative estimate of drug-likeness (QED) is 0.758. The van der Waals surface area contributed by atoms with Gasteiger partial charge in [-0.2, -0.15) is 0 Å². The summed E-state index contributed by atoms with van der Waals surface area (Å²) in [5.74, 6) is 0.595. The summed E-state index contributed by atoms with van der Waals surface area (Å²) in [5, 5.41) is 2.84. The van der Waals surface area contributed by atoms with Crippen LogP contribution in [0.3, 0.4) is 0 Å². The Morgan fingerprint density at radius 3 is 2.44 bits per heavy atom. The van der Waals surface area contributed by atoms with Crippen molar-refractivity contribution in [3.63, 3.8) is 0 Å². The molecule has 4 atom stereocenters. The molecule has 1 aliphatic carbocycles. The molecule has 90 valence electrons. The van der Waals surface area contributed by atoms with Crippen LogP contribution in [0.5, 0.6) is 0 Å². The number of hydrogen-bond donors (Lipinski definition) is 1. The number of carbonyl (C=O) groups excluding carboxylic acids is 2. The molecule has 0 aromatic heterocycles. The van der Waals surface area contributed by atoms with Crippen molar-refractivity contribution in [2.24, 2.45) is 5.92 Å². The van der Waals surface area contributed by atoms with Gasteiger partial charge in [-0.05, 0) is 32.6 Å². The highest BCUT2D eigenvalue weighted by atomic mass is 16.2. The van der Waals surface area contributed by atoms with Crippen molar-refractivity contribution < 1.29 is 9.59 Å². The Kier molecular flexibility index (Phi) is 2.48. The van der Waals surface area contributed by atoms with Crippen LogP contribution in [-0.2, 0) is 9.59 Å². The summed E-state index contributed by atoms with van der Waals surface area (Å²) >= 11 is 0. The molecule has 2 amide bonds. The van der Waals surface area contributed by atoms with Gasteiger partial charge in [-0.25, -0.2) is 0 Å². The van der Waals surface area contributed by atoms with Crippen LogP contribution in [0.1, 0.15) is 40.5 Å². The van der Waals surface area contributed by atoms with E-state index in [1.54, 1.807) is 4.90 Å². The number of carbonyl (C=O) groups is 2. The summed E-state index contributed by atoms with van der Waals surface area (Å²) < 4.78 is 0. The number of nitrogens with one attached hydrogen (secondary N) is 1. The molecule has 2 fully saturated rings. The normalized spacial score (nSPS) is 43.2. The summed E-state index contributed by atoms with van der Waals surface area (Å²) in [4.78, 5) is 26.0. The predicted molar refractivity (Wildman–Crippen MR) is 60.7 cm³/mol. The molecule has 0 aromatic carbocycles. The molecule has 1 N–H and O–H groups in total. The molecule has 0 spiro atoms. The Bertz CT molecular complexity index is 342. The van der Waals surface area contributed by atoms with Gasteiger partial charge in [0, 0.05) is 6.04 Å². The van der Waals surface area contributed by atoms with Gasteiger partial charge in [0.2, 0.25) is 11.8 Å². The molecule has 4 nitrogen and oxygen atoms in total. The second-order valence-corrected chi connectivity index (χ2v) is 5.34. The third kappa shape index (κ3) is 1.51. The van der Waals surface area contributed by atoms with Crippen molar-refractivity contribution in [2.45, 2.75) is 58.2 Å². The number of nitrogens with zero attached hydrogens (tertiary/aromatic N) is 1. The average Bonchev–Trinajstić information content (AvgIpc) is 2.93. The minimum Gasteiger partial charge on any atom is -0.340 e. The van der Waals surface area contributed by atoms with E-state index in [9.17, 15) is 9.59 Å². The van der Waals surface area contributed by atoms with Crippen molar-refractivity contribution in [2.75, 3.05) is 0 Å². The van der Waals surface area contributed by atoms with E-state index >= 15 is 0 Å². The van der Waals surface area contributed by atoms with Crippen molar-refractivity contribution in [1.82, 2.24) is 10.2 Å². The fourth-order valence-corrected chi connectivity index (χ4v) is 2.38. The van der Waals surface area contributed by atoms with Gasteiger partial charge in [0.15, 0.2) is 0 Å². The summed E-state index contributed by atoms with van der Waals surface area (Å²) in [6, 6.07) is -0.0403. The average molecular weight is 224 g/mol. The summed E-state index contributed by atoms with van der Waals surface area (Å²) in [5.41, 5.74) is -0.702. The molecular weight excluding hydrogens is 204 g/mol. The molecule has 1 saturated heterocycles. The zero-order valence-electron chi connectivity index (χ0n) is 10.4. The first-order valence-electron chi connectivity index (χ1n) is 6.05. The highest BCUT2D eigenvalue weighted by Gasteiger charge is 2.52. The van der Waals surface area contributed by atoms with E-state index in [-0.39, 0.29) is 23.9 Å². The Labute approximate surface area is 96.4 Å². The second-order valence-electron chi connectivity index (χ2n) is 5.34. The van der Waals surface area contributed by atoms with Gasteiger partial charge >= 0.3 is 0 Å². The molecule has 1 heterocycles. The van der Waals surface area contributed by atoms with Gasteiger partial charge in [0.25, 0.3) is 0 Å².